The van der Waals surface area contributed by atoms with Gasteiger partial charge in [0.15, 0.2) is 5.78 Å². The van der Waals surface area contributed by atoms with Crippen LogP contribution in [0.1, 0.15) is 37.6 Å². The summed E-state index contributed by atoms with van der Waals surface area (Å²) in [6.07, 6.45) is 4.11. The molecule has 0 amide bonds. The van der Waals surface area contributed by atoms with Gasteiger partial charge in [0, 0.05) is 28.8 Å². The van der Waals surface area contributed by atoms with E-state index in [-0.39, 0.29) is 11.2 Å². The molecular formula is C13H15ClN2O. The van der Waals surface area contributed by atoms with Crippen LogP contribution in [0.15, 0.2) is 18.5 Å². The van der Waals surface area contributed by atoms with Gasteiger partial charge in [-0.2, -0.15) is 0 Å². The quantitative estimate of drug-likeness (QED) is 0.842. The van der Waals surface area contributed by atoms with Crippen molar-refractivity contribution in [3.05, 3.63) is 29.0 Å². The first-order valence-electron chi connectivity index (χ1n) is 5.63. The van der Waals surface area contributed by atoms with Crippen molar-refractivity contribution in [3.63, 3.8) is 0 Å². The third-order valence-corrected chi connectivity index (χ3v) is 3.58. The van der Waals surface area contributed by atoms with Crippen LogP contribution in [0.25, 0.3) is 11.0 Å². The number of nitrogens with one attached hydrogen (secondary N) is 1. The lowest BCUT2D eigenvalue weighted by Gasteiger charge is -2.20. The van der Waals surface area contributed by atoms with E-state index in [1.807, 2.05) is 20.8 Å². The van der Waals surface area contributed by atoms with Gasteiger partial charge in [0.2, 0.25) is 0 Å². The average Bonchev–Trinajstić information content (AvgIpc) is 2.73. The lowest BCUT2D eigenvalue weighted by Crippen LogP contribution is -2.23. The molecule has 17 heavy (non-hydrogen) atoms. The highest BCUT2D eigenvalue weighted by Crippen LogP contribution is 2.32. The van der Waals surface area contributed by atoms with E-state index < -0.39 is 0 Å². The number of halogens is 1. The third kappa shape index (κ3) is 1.95. The number of ketones is 1. The smallest absolute Gasteiger partial charge is 0.170 e. The van der Waals surface area contributed by atoms with Gasteiger partial charge in [0.05, 0.1) is 5.02 Å². The molecule has 0 unspecified atom stereocenters. The molecule has 90 valence electrons. The van der Waals surface area contributed by atoms with E-state index in [2.05, 4.69) is 9.97 Å². The summed E-state index contributed by atoms with van der Waals surface area (Å²) in [4.78, 5) is 19.6. The average molecular weight is 251 g/mol. The van der Waals surface area contributed by atoms with Gasteiger partial charge in [-0.1, -0.05) is 32.4 Å². The van der Waals surface area contributed by atoms with E-state index in [9.17, 15) is 4.79 Å². The Balaban J connectivity index is 2.61. The van der Waals surface area contributed by atoms with Crippen molar-refractivity contribution < 1.29 is 4.79 Å². The topological polar surface area (TPSA) is 45.8 Å². The molecule has 2 heterocycles. The van der Waals surface area contributed by atoms with Crippen LogP contribution in [0.2, 0.25) is 5.02 Å². The van der Waals surface area contributed by atoms with Crippen molar-refractivity contribution in [2.45, 2.75) is 27.2 Å². The summed E-state index contributed by atoms with van der Waals surface area (Å²) in [6.45, 7) is 5.89. The summed E-state index contributed by atoms with van der Waals surface area (Å²) in [5.41, 5.74) is 0.909. The fraction of sp³-hybridized carbons (Fsp3) is 0.385. The number of hydrogen-bond donors (Lipinski definition) is 1. The molecule has 0 spiro atoms. The second-order valence-corrected chi connectivity index (χ2v) is 5.19. The van der Waals surface area contributed by atoms with Gasteiger partial charge in [0.1, 0.15) is 5.65 Å². The lowest BCUT2D eigenvalue weighted by molar-refractivity contribution is 0.0835. The van der Waals surface area contributed by atoms with E-state index in [1.165, 1.54) is 0 Å². The fourth-order valence-electron chi connectivity index (χ4n) is 1.72. The SMILES string of the molecule is CCC(C)(C)C(=O)c1c[nH]c2nccc(Cl)c12. The number of carbonyl (C=O) groups excluding carboxylic acids is 1. The van der Waals surface area contributed by atoms with Crippen LogP contribution < -0.4 is 0 Å². The van der Waals surface area contributed by atoms with Gasteiger partial charge >= 0.3 is 0 Å². The number of aromatic amines is 1. The van der Waals surface area contributed by atoms with Crippen molar-refractivity contribution in [1.82, 2.24) is 9.97 Å². The first kappa shape index (κ1) is 12.1. The molecule has 2 rings (SSSR count). The summed E-state index contributed by atoms with van der Waals surface area (Å²) >= 11 is 6.13. The van der Waals surface area contributed by atoms with Gasteiger partial charge in [-0.3, -0.25) is 4.79 Å². The van der Waals surface area contributed by atoms with Crippen molar-refractivity contribution in [2.24, 2.45) is 5.41 Å². The molecule has 3 nitrogen and oxygen atoms in total. The molecule has 0 atom stereocenters. The zero-order chi connectivity index (χ0) is 12.6. The maximum atomic E-state index is 12.4. The second-order valence-electron chi connectivity index (χ2n) is 4.79. The summed E-state index contributed by atoms with van der Waals surface area (Å²) in [7, 11) is 0. The highest BCUT2D eigenvalue weighted by atomic mass is 35.5. The van der Waals surface area contributed by atoms with Gasteiger partial charge in [-0.05, 0) is 12.5 Å². The van der Waals surface area contributed by atoms with Crippen molar-refractivity contribution in [3.8, 4) is 0 Å². The minimum Gasteiger partial charge on any atom is -0.345 e. The van der Waals surface area contributed by atoms with E-state index >= 15 is 0 Å². The first-order valence-corrected chi connectivity index (χ1v) is 6.01. The van der Waals surface area contributed by atoms with E-state index in [0.717, 1.165) is 11.8 Å². The van der Waals surface area contributed by atoms with Crippen LogP contribution in [0.3, 0.4) is 0 Å². The molecule has 0 radical (unpaired) electrons. The minimum absolute atomic E-state index is 0.0983. The molecule has 0 saturated carbocycles. The normalized spacial score (nSPS) is 12.0. The molecule has 1 N–H and O–H groups in total. The van der Waals surface area contributed by atoms with E-state index in [4.69, 9.17) is 11.6 Å². The van der Waals surface area contributed by atoms with Crippen LogP contribution in [0.5, 0.6) is 0 Å². The second kappa shape index (κ2) is 4.15. The molecule has 0 aliphatic heterocycles. The number of rotatable bonds is 3. The maximum Gasteiger partial charge on any atom is 0.170 e. The number of hydrogen-bond acceptors (Lipinski definition) is 2. The highest BCUT2D eigenvalue weighted by molar-refractivity contribution is 6.36. The van der Waals surface area contributed by atoms with Crippen LogP contribution in [0.4, 0.5) is 0 Å². The molecule has 0 saturated heterocycles. The zero-order valence-electron chi connectivity index (χ0n) is 10.2. The summed E-state index contributed by atoms with van der Waals surface area (Å²) < 4.78 is 0. The predicted molar refractivity (Wildman–Crippen MR) is 69.5 cm³/mol. The van der Waals surface area contributed by atoms with Gasteiger partial charge in [0.25, 0.3) is 0 Å². The highest BCUT2D eigenvalue weighted by Gasteiger charge is 2.29. The molecule has 2 aromatic rings. The van der Waals surface area contributed by atoms with Crippen LogP contribution in [0, 0.1) is 5.41 Å². The number of Topliss-reactive ketones (excluding diaryl/α,β-unsaturated/α-hetero) is 1. The van der Waals surface area contributed by atoms with Crippen molar-refractivity contribution in [1.29, 1.82) is 0 Å². The molecule has 2 aromatic heterocycles. The summed E-state index contributed by atoms with van der Waals surface area (Å²) in [5.74, 6) is 0.0983. The molecule has 0 aliphatic carbocycles. The fourth-order valence-corrected chi connectivity index (χ4v) is 1.97. The van der Waals surface area contributed by atoms with Gasteiger partial charge in [-0.15, -0.1) is 0 Å². The molecule has 0 aliphatic rings. The van der Waals surface area contributed by atoms with Gasteiger partial charge in [-0.25, -0.2) is 4.98 Å². The summed E-state index contributed by atoms with van der Waals surface area (Å²) in [6, 6.07) is 1.70. The monoisotopic (exact) mass is 250 g/mol. The number of fused-ring (bicyclic) bond motifs is 1. The zero-order valence-corrected chi connectivity index (χ0v) is 10.9. The Morgan fingerprint density at radius 3 is 2.88 bits per heavy atom. The Morgan fingerprint density at radius 2 is 2.24 bits per heavy atom. The minimum atomic E-state index is -0.381. The Morgan fingerprint density at radius 1 is 1.53 bits per heavy atom. The number of nitrogens with zero attached hydrogens (tertiary/aromatic N) is 1. The lowest BCUT2D eigenvalue weighted by atomic mass is 9.82. The predicted octanol–water partition coefficient (Wildman–Crippen LogP) is 3.84. The largest absolute Gasteiger partial charge is 0.345 e. The van der Waals surface area contributed by atoms with Gasteiger partial charge < -0.3 is 4.98 Å². The molecule has 0 fully saturated rings. The first-order chi connectivity index (χ1) is 7.97. The Labute approximate surface area is 105 Å². The Hall–Kier alpha value is -1.35. The summed E-state index contributed by atoms with van der Waals surface area (Å²) in [5, 5.41) is 1.28. The van der Waals surface area contributed by atoms with Crippen molar-refractivity contribution in [2.75, 3.05) is 0 Å². The Bertz CT molecular complexity index is 572. The Kier molecular flexibility index (Phi) is 2.96. The number of carbonyl (C=O) groups is 1. The van der Waals surface area contributed by atoms with E-state index in [1.54, 1.807) is 18.5 Å². The standard InChI is InChI=1S/C13H15ClN2O/c1-4-13(2,3)11(17)8-7-16-12-10(8)9(14)5-6-15-12/h5-7H,4H2,1-3H3,(H,15,16). The maximum absolute atomic E-state index is 12.4. The third-order valence-electron chi connectivity index (χ3n) is 3.27. The molecule has 0 bridgehead atoms. The molecule has 4 heteroatoms. The molecule has 0 aromatic carbocycles. The van der Waals surface area contributed by atoms with Crippen LogP contribution in [-0.4, -0.2) is 15.8 Å². The molecular weight excluding hydrogens is 236 g/mol. The number of H-pyrrole nitrogens is 1. The van der Waals surface area contributed by atoms with E-state index in [0.29, 0.717) is 16.2 Å². The van der Waals surface area contributed by atoms with Crippen LogP contribution >= 0.6 is 11.6 Å². The van der Waals surface area contributed by atoms with Crippen LogP contribution in [-0.2, 0) is 0 Å². The number of pyridine rings is 1. The number of aromatic nitrogens is 2. The van der Waals surface area contributed by atoms with Crippen molar-refractivity contribution >= 4 is 28.4 Å².